The number of carbonyl (C=O) groups excluding carboxylic acids is 1. The molecule has 2 fully saturated rings. The van der Waals surface area contributed by atoms with Crippen LogP contribution in [-0.4, -0.2) is 36.9 Å². The van der Waals surface area contributed by atoms with Gasteiger partial charge in [-0.1, -0.05) is 13.8 Å². The first kappa shape index (κ1) is 15.8. The van der Waals surface area contributed by atoms with Crippen molar-refractivity contribution in [2.75, 3.05) is 13.2 Å². The highest BCUT2D eigenvalue weighted by Gasteiger charge is 2.54. The van der Waals surface area contributed by atoms with Crippen molar-refractivity contribution >= 4 is 5.97 Å². The molecule has 0 bridgehead atoms. The summed E-state index contributed by atoms with van der Waals surface area (Å²) in [6, 6.07) is 0.470. The lowest BCUT2D eigenvalue weighted by Gasteiger charge is -2.34. The van der Waals surface area contributed by atoms with Gasteiger partial charge in [-0.25, -0.2) is 4.79 Å². The first-order valence-electron chi connectivity index (χ1n) is 8.06. The van der Waals surface area contributed by atoms with Crippen LogP contribution in [0.2, 0.25) is 0 Å². The van der Waals surface area contributed by atoms with Crippen molar-refractivity contribution in [1.82, 2.24) is 5.32 Å². The second kappa shape index (κ2) is 6.44. The van der Waals surface area contributed by atoms with E-state index in [0.717, 1.165) is 25.7 Å². The third kappa shape index (κ3) is 3.73. The average molecular weight is 283 g/mol. The molecule has 0 radical (unpaired) electrons. The van der Waals surface area contributed by atoms with E-state index in [1.54, 1.807) is 0 Å². The van der Waals surface area contributed by atoms with Crippen LogP contribution in [0.4, 0.5) is 0 Å². The first-order valence-corrected chi connectivity index (χ1v) is 8.06. The van der Waals surface area contributed by atoms with Crippen LogP contribution >= 0.6 is 0 Å². The highest BCUT2D eigenvalue weighted by molar-refractivity contribution is 5.82. The molecule has 20 heavy (non-hydrogen) atoms. The van der Waals surface area contributed by atoms with Gasteiger partial charge in [0.2, 0.25) is 0 Å². The first-order chi connectivity index (χ1) is 9.49. The largest absolute Gasteiger partial charge is 0.465 e. The van der Waals surface area contributed by atoms with Crippen molar-refractivity contribution in [3.8, 4) is 0 Å². The highest BCUT2D eigenvalue weighted by atomic mass is 16.5. The zero-order chi connectivity index (χ0) is 14.8. The maximum Gasteiger partial charge on any atom is 0.329 e. The summed E-state index contributed by atoms with van der Waals surface area (Å²) in [7, 11) is 0. The Morgan fingerprint density at radius 1 is 1.25 bits per heavy atom. The van der Waals surface area contributed by atoms with Gasteiger partial charge in [-0.2, -0.15) is 0 Å². The number of rotatable bonds is 9. The molecule has 2 rings (SSSR count). The third-order valence-corrected chi connectivity index (χ3v) is 4.47. The molecule has 2 saturated carbocycles. The van der Waals surface area contributed by atoms with Crippen LogP contribution in [-0.2, 0) is 14.3 Å². The zero-order valence-electron chi connectivity index (χ0n) is 13.3. The van der Waals surface area contributed by atoms with Crippen LogP contribution in [0.25, 0.3) is 0 Å². The van der Waals surface area contributed by atoms with Gasteiger partial charge in [0.25, 0.3) is 0 Å². The van der Waals surface area contributed by atoms with E-state index in [1.807, 2.05) is 6.92 Å². The normalized spacial score (nSPS) is 23.4. The van der Waals surface area contributed by atoms with Gasteiger partial charge in [0, 0.05) is 6.04 Å². The maximum atomic E-state index is 12.5. The maximum absolute atomic E-state index is 12.5. The summed E-state index contributed by atoms with van der Waals surface area (Å²) in [6.07, 6.45) is 4.67. The molecule has 2 aliphatic rings. The monoisotopic (exact) mass is 283 g/mol. The SMILES string of the molecule is CCOC(=O)C(COC(C)C(C)C)(NC1CC1)C1CC1. The Morgan fingerprint density at radius 2 is 1.90 bits per heavy atom. The van der Waals surface area contributed by atoms with Crippen molar-refractivity contribution in [3.05, 3.63) is 0 Å². The molecule has 116 valence electrons. The predicted octanol–water partition coefficient (Wildman–Crippen LogP) is 2.51. The van der Waals surface area contributed by atoms with Crippen molar-refractivity contribution in [1.29, 1.82) is 0 Å². The van der Waals surface area contributed by atoms with Crippen molar-refractivity contribution < 1.29 is 14.3 Å². The number of hydrogen-bond donors (Lipinski definition) is 1. The molecule has 0 aromatic carbocycles. The van der Waals surface area contributed by atoms with E-state index in [0.29, 0.717) is 31.1 Å². The van der Waals surface area contributed by atoms with E-state index in [-0.39, 0.29) is 12.1 Å². The zero-order valence-corrected chi connectivity index (χ0v) is 13.3. The Morgan fingerprint density at radius 3 is 2.35 bits per heavy atom. The number of carbonyl (C=O) groups is 1. The van der Waals surface area contributed by atoms with Crippen LogP contribution in [0.1, 0.15) is 53.4 Å². The molecule has 4 heteroatoms. The minimum Gasteiger partial charge on any atom is -0.465 e. The Kier molecular flexibility index (Phi) is 5.08. The van der Waals surface area contributed by atoms with Crippen LogP contribution < -0.4 is 5.32 Å². The van der Waals surface area contributed by atoms with Gasteiger partial charge in [-0.05, 0) is 51.4 Å². The van der Waals surface area contributed by atoms with E-state index in [9.17, 15) is 4.79 Å². The Balaban J connectivity index is 2.05. The molecule has 0 saturated heterocycles. The van der Waals surface area contributed by atoms with Crippen molar-refractivity contribution in [2.24, 2.45) is 11.8 Å². The molecule has 0 heterocycles. The summed E-state index contributed by atoms with van der Waals surface area (Å²) >= 11 is 0. The van der Waals surface area contributed by atoms with Gasteiger partial charge in [0.05, 0.1) is 19.3 Å². The average Bonchev–Trinajstić information content (AvgIpc) is 3.26. The highest BCUT2D eigenvalue weighted by Crippen LogP contribution is 2.43. The molecule has 0 spiro atoms. The van der Waals surface area contributed by atoms with Crippen molar-refractivity contribution in [2.45, 2.75) is 71.1 Å². The predicted molar refractivity (Wildman–Crippen MR) is 78.5 cm³/mol. The number of esters is 1. The van der Waals surface area contributed by atoms with E-state index >= 15 is 0 Å². The fourth-order valence-corrected chi connectivity index (χ4v) is 2.45. The summed E-state index contributed by atoms with van der Waals surface area (Å²) < 4.78 is 11.4. The van der Waals surface area contributed by atoms with Crippen LogP contribution in [0.15, 0.2) is 0 Å². The van der Waals surface area contributed by atoms with Gasteiger partial charge in [-0.3, -0.25) is 5.32 Å². The van der Waals surface area contributed by atoms with Gasteiger partial charge < -0.3 is 9.47 Å². The Hall–Kier alpha value is -0.610. The summed E-state index contributed by atoms with van der Waals surface area (Å²) in [6.45, 7) is 9.09. The fourth-order valence-electron chi connectivity index (χ4n) is 2.45. The number of ether oxygens (including phenoxy) is 2. The lowest BCUT2D eigenvalue weighted by atomic mass is 9.93. The second-order valence-corrected chi connectivity index (χ2v) is 6.64. The third-order valence-electron chi connectivity index (χ3n) is 4.47. The van der Waals surface area contributed by atoms with Gasteiger partial charge in [0.1, 0.15) is 5.54 Å². The second-order valence-electron chi connectivity index (χ2n) is 6.64. The van der Waals surface area contributed by atoms with E-state index in [1.165, 1.54) is 0 Å². The molecule has 2 atom stereocenters. The Labute approximate surface area is 122 Å². The minimum absolute atomic E-state index is 0.120. The molecule has 4 nitrogen and oxygen atoms in total. The summed E-state index contributed by atoms with van der Waals surface area (Å²) in [5, 5.41) is 3.55. The lowest BCUT2D eigenvalue weighted by molar-refractivity contribution is -0.157. The van der Waals surface area contributed by atoms with Gasteiger partial charge >= 0.3 is 5.97 Å². The quantitative estimate of drug-likeness (QED) is 0.661. The molecular formula is C16H29NO3. The summed E-state index contributed by atoms with van der Waals surface area (Å²) in [5.74, 6) is 0.710. The van der Waals surface area contributed by atoms with Crippen molar-refractivity contribution in [3.63, 3.8) is 0 Å². The molecule has 0 aromatic heterocycles. The number of hydrogen-bond acceptors (Lipinski definition) is 4. The van der Waals surface area contributed by atoms with Gasteiger partial charge in [0.15, 0.2) is 0 Å². The molecule has 2 aliphatic carbocycles. The van der Waals surface area contributed by atoms with E-state index in [4.69, 9.17) is 9.47 Å². The smallest absolute Gasteiger partial charge is 0.329 e. The topological polar surface area (TPSA) is 47.6 Å². The van der Waals surface area contributed by atoms with Crippen LogP contribution in [0.3, 0.4) is 0 Å². The summed E-state index contributed by atoms with van der Waals surface area (Å²) in [5.41, 5.74) is -0.611. The molecule has 0 aromatic rings. The molecule has 0 amide bonds. The molecule has 2 unspecified atom stereocenters. The minimum atomic E-state index is -0.611. The van der Waals surface area contributed by atoms with E-state index in [2.05, 4.69) is 26.1 Å². The fraction of sp³-hybridized carbons (Fsp3) is 0.938. The summed E-state index contributed by atoms with van der Waals surface area (Å²) in [4.78, 5) is 12.5. The molecule has 0 aliphatic heterocycles. The van der Waals surface area contributed by atoms with Crippen LogP contribution in [0, 0.1) is 11.8 Å². The molecule has 1 N–H and O–H groups in total. The number of nitrogens with one attached hydrogen (secondary N) is 1. The van der Waals surface area contributed by atoms with Crippen LogP contribution in [0.5, 0.6) is 0 Å². The molecular weight excluding hydrogens is 254 g/mol. The van der Waals surface area contributed by atoms with E-state index < -0.39 is 5.54 Å². The van der Waals surface area contributed by atoms with Gasteiger partial charge in [-0.15, -0.1) is 0 Å². The Bertz CT molecular complexity index is 337. The lowest BCUT2D eigenvalue weighted by Crippen LogP contribution is -2.59. The standard InChI is InChI=1S/C16H29NO3/c1-5-19-15(18)16(13-6-7-13,17-14-8-9-14)10-20-12(4)11(2)3/h11-14,17H,5-10H2,1-4H3.